The highest BCUT2D eigenvalue weighted by molar-refractivity contribution is 5.80. The van der Waals surface area contributed by atoms with E-state index in [2.05, 4.69) is 45.1 Å². The third-order valence-electron chi connectivity index (χ3n) is 5.28. The van der Waals surface area contributed by atoms with E-state index in [1.165, 1.54) is 16.6 Å². The van der Waals surface area contributed by atoms with Gasteiger partial charge in [-0.2, -0.15) is 0 Å². The van der Waals surface area contributed by atoms with Gasteiger partial charge in [0.15, 0.2) is 0 Å². The predicted octanol–water partition coefficient (Wildman–Crippen LogP) is 2.15. The number of nitrogens with one attached hydrogen (secondary N) is 1. The summed E-state index contributed by atoms with van der Waals surface area (Å²) < 4.78 is 0. The maximum atomic E-state index is 11.3. The molecule has 1 aromatic heterocycles. The van der Waals surface area contributed by atoms with Crippen molar-refractivity contribution in [3.8, 4) is 0 Å². The van der Waals surface area contributed by atoms with Crippen molar-refractivity contribution >= 4 is 16.9 Å². The summed E-state index contributed by atoms with van der Waals surface area (Å²) in [5.74, 6) is -0.613. The molecule has 1 aliphatic heterocycles. The van der Waals surface area contributed by atoms with Gasteiger partial charge in [0, 0.05) is 50.5 Å². The van der Waals surface area contributed by atoms with Crippen molar-refractivity contribution in [2.45, 2.75) is 19.4 Å². The number of rotatable bonds is 5. The maximum Gasteiger partial charge on any atom is 0.310 e. The molecule has 1 saturated carbocycles. The molecule has 2 aliphatic rings. The van der Waals surface area contributed by atoms with Crippen LogP contribution in [0.2, 0.25) is 0 Å². The third-order valence-corrected chi connectivity index (χ3v) is 5.28. The number of nitrogens with zero attached hydrogens (tertiary/aromatic N) is 2. The maximum absolute atomic E-state index is 11.3. The fourth-order valence-electron chi connectivity index (χ4n) is 3.58. The molecule has 5 nitrogen and oxygen atoms in total. The van der Waals surface area contributed by atoms with Gasteiger partial charge in [-0.1, -0.05) is 18.2 Å². The Bertz CT molecular complexity index is 679. The van der Waals surface area contributed by atoms with E-state index in [4.69, 9.17) is 0 Å². The van der Waals surface area contributed by atoms with Crippen LogP contribution in [0.1, 0.15) is 18.5 Å². The van der Waals surface area contributed by atoms with E-state index < -0.39 is 11.4 Å². The summed E-state index contributed by atoms with van der Waals surface area (Å²) in [4.78, 5) is 19.6. The van der Waals surface area contributed by atoms with Crippen LogP contribution in [0.4, 0.5) is 0 Å². The monoisotopic (exact) mass is 313 g/mol. The van der Waals surface area contributed by atoms with E-state index in [1.54, 1.807) is 0 Å². The second-order valence-corrected chi connectivity index (χ2v) is 7.02. The first-order valence-electron chi connectivity index (χ1n) is 8.39. The Labute approximate surface area is 135 Å². The third kappa shape index (κ3) is 2.99. The van der Waals surface area contributed by atoms with E-state index in [-0.39, 0.29) is 0 Å². The van der Waals surface area contributed by atoms with Gasteiger partial charge < -0.3 is 10.1 Å². The van der Waals surface area contributed by atoms with Gasteiger partial charge in [0.25, 0.3) is 0 Å². The summed E-state index contributed by atoms with van der Waals surface area (Å²) in [5, 5.41) is 10.6. The predicted molar refractivity (Wildman–Crippen MR) is 89.3 cm³/mol. The molecule has 5 heteroatoms. The number of H-pyrrole nitrogens is 1. The molecular formula is C18H23N3O2. The van der Waals surface area contributed by atoms with E-state index in [9.17, 15) is 9.90 Å². The van der Waals surface area contributed by atoms with Crippen molar-refractivity contribution in [1.82, 2.24) is 14.8 Å². The van der Waals surface area contributed by atoms with Crippen molar-refractivity contribution in [3.05, 3.63) is 36.0 Å². The largest absolute Gasteiger partial charge is 0.481 e. The number of hydrogen-bond acceptors (Lipinski definition) is 3. The number of aliphatic carboxylic acids is 1. The molecule has 0 atom stereocenters. The molecule has 4 rings (SSSR count). The molecular weight excluding hydrogens is 290 g/mol. The van der Waals surface area contributed by atoms with E-state index in [0.717, 1.165) is 52.1 Å². The summed E-state index contributed by atoms with van der Waals surface area (Å²) in [6.45, 7) is 5.61. The molecule has 23 heavy (non-hydrogen) atoms. The van der Waals surface area contributed by atoms with E-state index in [1.807, 2.05) is 0 Å². The van der Waals surface area contributed by atoms with E-state index in [0.29, 0.717) is 0 Å². The number of fused-ring (bicyclic) bond motifs is 1. The first-order chi connectivity index (χ1) is 11.1. The number of carboxylic acid groups (broad SMARTS) is 1. The van der Waals surface area contributed by atoms with Gasteiger partial charge in [-0.15, -0.1) is 0 Å². The molecule has 1 saturated heterocycles. The number of piperazine rings is 1. The lowest BCUT2D eigenvalue weighted by Gasteiger charge is -2.35. The Morgan fingerprint density at radius 2 is 1.83 bits per heavy atom. The summed E-state index contributed by atoms with van der Waals surface area (Å²) >= 11 is 0. The van der Waals surface area contributed by atoms with Crippen molar-refractivity contribution in [1.29, 1.82) is 0 Å². The highest BCUT2D eigenvalue weighted by atomic mass is 16.4. The molecule has 2 aromatic rings. The molecule has 1 aromatic carbocycles. The Morgan fingerprint density at radius 1 is 1.13 bits per heavy atom. The Morgan fingerprint density at radius 3 is 2.48 bits per heavy atom. The van der Waals surface area contributed by atoms with E-state index >= 15 is 0 Å². The highest BCUT2D eigenvalue weighted by Crippen LogP contribution is 2.46. The van der Waals surface area contributed by atoms with Gasteiger partial charge >= 0.3 is 5.97 Å². The fourth-order valence-corrected chi connectivity index (χ4v) is 3.58. The number of aromatic amines is 1. The topological polar surface area (TPSA) is 59.6 Å². The quantitative estimate of drug-likeness (QED) is 0.888. The summed E-state index contributed by atoms with van der Waals surface area (Å²) in [6, 6.07) is 10.6. The highest BCUT2D eigenvalue weighted by Gasteiger charge is 2.51. The first-order valence-corrected chi connectivity index (χ1v) is 8.39. The minimum atomic E-state index is -0.613. The van der Waals surface area contributed by atoms with Gasteiger partial charge in [0.2, 0.25) is 0 Å². The van der Waals surface area contributed by atoms with Crippen LogP contribution in [-0.4, -0.2) is 58.6 Å². The number of carbonyl (C=O) groups is 1. The van der Waals surface area contributed by atoms with Gasteiger partial charge in [-0.25, -0.2) is 0 Å². The molecule has 0 amide bonds. The van der Waals surface area contributed by atoms with Crippen LogP contribution < -0.4 is 0 Å². The Hall–Kier alpha value is -1.85. The lowest BCUT2D eigenvalue weighted by molar-refractivity contribution is -0.144. The SMILES string of the molecule is O=C(O)C1(CN2CCN(Cc3cc4ccccc4[nH]3)CC2)CC1. The summed E-state index contributed by atoms with van der Waals surface area (Å²) in [7, 11) is 0. The standard InChI is InChI=1S/C18H23N3O2/c22-17(23)18(5-6-18)13-21-9-7-20(8-10-21)12-15-11-14-3-1-2-4-16(14)19-15/h1-4,11,19H,5-10,12-13H2,(H,22,23). The number of aromatic nitrogens is 1. The molecule has 122 valence electrons. The van der Waals surface area contributed by atoms with Crippen LogP contribution in [0.25, 0.3) is 10.9 Å². The van der Waals surface area contributed by atoms with Crippen molar-refractivity contribution in [3.63, 3.8) is 0 Å². The number of benzene rings is 1. The average molecular weight is 313 g/mol. The number of para-hydroxylation sites is 1. The summed E-state index contributed by atoms with van der Waals surface area (Å²) in [6.07, 6.45) is 1.69. The van der Waals surface area contributed by atoms with Crippen molar-refractivity contribution in [2.24, 2.45) is 5.41 Å². The van der Waals surface area contributed by atoms with Gasteiger partial charge in [0.1, 0.15) is 0 Å². The van der Waals surface area contributed by atoms with Crippen LogP contribution in [-0.2, 0) is 11.3 Å². The Kier molecular flexibility index (Phi) is 3.62. The van der Waals surface area contributed by atoms with Crippen LogP contribution >= 0.6 is 0 Å². The molecule has 0 spiro atoms. The Balaban J connectivity index is 1.32. The molecule has 0 unspecified atom stereocenters. The number of hydrogen-bond donors (Lipinski definition) is 2. The van der Waals surface area contributed by atoms with Gasteiger partial charge in [-0.05, 0) is 30.4 Å². The second-order valence-electron chi connectivity index (χ2n) is 7.02. The fraction of sp³-hybridized carbons (Fsp3) is 0.500. The molecule has 2 N–H and O–H groups in total. The number of carboxylic acids is 1. The van der Waals surface area contributed by atoms with Crippen LogP contribution in [0, 0.1) is 5.41 Å². The molecule has 2 fully saturated rings. The second kappa shape index (κ2) is 5.65. The van der Waals surface area contributed by atoms with Crippen molar-refractivity contribution in [2.75, 3.05) is 32.7 Å². The van der Waals surface area contributed by atoms with Gasteiger partial charge in [-0.3, -0.25) is 14.6 Å². The van der Waals surface area contributed by atoms with Gasteiger partial charge in [0.05, 0.1) is 5.41 Å². The summed E-state index contributed by atoms with van der Waals surface area (Å²) in [5.41, 5.74) is 2.02. The zero-order valence-electron chi connectivity index (χ0n) is 13.3. The normalized spacial score (nSPS) is 21.6. The molecule has 2 heterocycles. The van der Waals surface area contributed by atoms with Crippen molar-refractivity contribution < 1.29 is 9.90 Å². The van der Waals surface area contributed by atoms with Crippen LogP contribution in [0.5, 0.6) is 0 Å². The van der Waals surface area contributed by atoms with Crippen LogP contribution in [0.3, 0.4) is 0 Å². The lowest BCUT2D eigenvalue weighted by atomic mass is 10.1. The van der Waals surface area contributed by atoms with Crippen LogP contribution in [0.15, 0.2) is 30.3 Å². The zero-order valence-corrected chi connectivity index (χ0v) is 13.3. The molecule has 0 bridgehead atoms. The minimum Gasteiger partial charge on any atom is -0.481 e. The lowest BCUT2D eigenvalue weighted by Crippen LogP contribution is -2.48. The molecule has 1 aliphatic carbocycles. The zero-order chi connectivity index (χ0) is 15.9. The molecule has 0 radical (unpaired) electrons. The smallest absolute Gasteiger partial charge is 0.310 e. The first kappa shape index (κ1) is 14.7. The minimum absolute atomic E-state index is 0.431. The average Bonchev–Trinajstić information content (AvgIpc) is 3.21.